The molecule has 7 nitrogen and oxygen atoms in total. The maximum atomic E-state index is 12.5. The number of carbonyl (C=O) groups excluding carboxylic acids is 2. The Kier molecular flexibility index (Phi) is 8.76. The second-order valence-corrected chi connectivity index (χ2v) is 6.81. The Morgan fingerprint density at radius 2 is 1.66 bits per heavy atom. The molecule has 0 aliphatic rings. The van der Waals surface area contributed by atoms with E-state index in [4.69, 9.17) is 37.8 Å². The van der Waals surface area contributed by atoms with Crippen molar-refractivity contribution in [3.63, 3.8) is 0 Å². The molecule has 0 radical (unpaired) electrons. The summed E-state index contributed by atoms with van der Waals surface area (Å²) in [6, 6.07) is 12.6. The molecule has 0 aliphatic heterocycles. The second-order valence-electron chi connectivity index (χ2n) is 6.00. The quantitative estimate of drug-likeness (QED) is 0.577. The minimum absolute atomic E-state index is 0.0121. The first-order chi connectivity index (χ1) is 13.9. The van der Waals surface area contributed by atoms with Crippen LogP contribution in [0.5, 0.6) is 5.75 Å². The molecule has 9 heteroatoms. The number of carboxylic acid groups (broad SMARTS) is 1. The van der Waals surface area contributed by atoms with Gasteiger partial charge >= 0.3 is 12.1 Å². The highest BCUT2D eigenvalue weighted by Crippen LogP contribution is 2.32. The van der Waals surface area contributed by atoms with E-state index >= 15 is 0 Å². The van der Waals surface area contributed by atoms with Crippen molar-refractivity contribution in [2.75, 3.05) is 6.61 Å². The van der Waals surface area contributed by atoms with Gasteiger partial charge in [0.1, 0.15) is 13.2 Å². The maximum Gasteiger partial charge on any atom is 0.408 e. The largest absolute Gasteiger partial charge is 0.483 e. The van der Waals surface area contributed by atoms with E-state index in [-0.39, 0.29) is 35.2 Å². The summed E-state index contributed by atoms with van der Waals surface area (Å²) in [5.74, 6) is -1.51. The summed E-state index contributed by atoms with van der Waals surface area (Å²) in [6.45, 7) is -0.440. The summed E-state index contributed by atoms with van der Waals surface area (Å²) in [6.07, 6.45) is -1.27. The van der Waals surface area contributed by atoms with Crippen molar-refractivity contribution in [3.8, 4) is 5.75 Å². The smallest absolute Gasteiger partial charge is 0.408 e. The van der Waals surface area contributed by atoms with Gasteiger partial charge in [-0.05, 0) is 24.1 Å². The number of amides is 1. The summed E-state index contributed by atoms with van der Waals surface area (Å²) < 4.78 is 10.5. The molecule has 0 heterocycles. The predicted molar refractivity (Wildman–Crippen MR) is 107 cm³/mol. The van der Waals surface area contributed by atoms with Crippen molar-refractivity contribution in [3.05, 3.63) is 64.1 Å². The van der Waals surface area contributed by atoms with Crippen LogP contribution < -0.4 is 10.1 Å². The molecule has 0 aliphatic carbocycles. The highest BCUT2D eigenvalue weighted by atomic mass is 35.5. The van der Waals surface area contributed by atoms with Crippen LogP contribution in [0.3, 0.4) is 0 Å². The van der Waals surface area contributed by atoms with Gasteiger partial charge in [-0.15, -0.1) is 0 Å². The van der Waals surface area contributed by atoms with Gasteiger partial charge in [-0.25, -0.2) is 4.79 Å². The van der Waals surface area contributed by atoms with Gasteiger partial charge < -0.3 is 19.9 Å². The molecule has 0 bridgehead atoms. The third-order valence-corrected chi connectivity index (χ3v) is 4.41. The van der Waals surface area contributed by atoms with Gasteiger partial charge in [-0.2, -0.15) is 0 Å². The first-order valence-corrected chi connectivity index (χ1v) is 9.41. The zero-order valence-corrected chi connectivity index (χ0v) is 16.8. The summed E-state index contributed by atoms with van der Waals surface area (Å²) in [4.78, 5) is 35.4. The van der Waals surface area contributed by atoms with Crippen molar-refractivity contribution >= 4 is 41.0 Å². The van der Waals surface area contributed by atoms with Crippen LogP contribution in [0.25, 0.3) is 0 Å². The average Bonchev–Trinajstić information content (AvgIpc) is 2.69. The van der Waals surface area contributed by atoms with Crippen LogP contribution in [-0.4, -0.2) is 35.6 Å². The normalized spacial score (nSPS) is 11.4. The van der Waals surface area contributed by atoms with Gasteiger partial charge in [0.05, 0.1) is 16.1 Å². The predicted octanol–water partition coefficient (Wildman–Crippen LogP) is 4.10. The number of aliphatic carboxylic acids is 1. The Hall–Kier alpha value is -2.77. The number of benzene rings is 2. The Bertz CT molecular complexity index is 839. The molecule has 2 N–H and O–H groups in total. The fourth-order valence-electron chi connectivity index (χ4n) is 2.35. The van der Waals surface area contributed by atoms with E-state index in [2.05, 4.69) is 5.32 Å². The summed E-state index contributed by atoms with van der Waals surface area (Å²) >= 11 is 12.0. The van der Waals surface area contributed by atoms with Crippen LogP contribution in [0, 0.1) is 0 Å². The SMILES string of the molecule is O=C(O)CC[C@H](NC(=O)OCc1ccccc1)C(=O)COc1c(Cl)cccc1Cl. The number of nitrogens with one attached hydrogen (secondary N) is 1. The number of ketones is 1. The first kappa shape index (κ1) is 22.5. The molecule has 1 amide bonds. The number of rotatable bonds is 10. The van der Waals surface area contributed by atoms with Gasteiger partial charge in [0, 0.05) is 6.42 Å². The van der Waals surface area contributed by atoms with Crippen LogP contribution in [0.15, 0.2) is 48.5 Å². The van der Waals surface area contributed by atoms with E-state index in [1.165, 1.54) is 0 Å². The van der Waals surface area contributed by atoms with Crippen LogP contribution >= 0.6 is 23.2 Å². The third-order valence-electron chi connectivity index (χ3n) is 3.82. The molecule has 0 saturated carbocycles. The standard InChI is InChI=1S/C20H19Cl2NO6/c21-14-7-4-8-15(22)19(14)28-12-17(24)16(9-10-18(25)26)23-20(27)29-11-13-5-2-1-3-6-13/h1-8,16H,9-12H2,(H,23,27)(H,25,26)/t16-/m0/s1. The second kappa shape index (κ2) is 11.3. The minimum atomic E-state index is -1.10. The summed E-state index contributed by atoms with van der Waals surface area (Å²) in [5, 5.41) is 11.7. The van der Waals surface area contributed by atoms with Crippen molar-refractivity contribution in [2.24, 2.45) is 0 Å². The summed E-state index contributed by atoms with van der Waals surface area (Å²) in [7, 11) is 0. The number of carbonyl (C=O) groups is 3. The molecule has 2 aromatic rings. The zero-order valence-electron chi connectivity index (χ0n) is 15.3. The molecule has 0 aromatic heterocycles. The number of alkyl carbamates (subject to hydrolysis) is 1. The molecule has 2 aromatic carbocycles. The van der Waals surface area contributed by atoms with Gasteiger partial charge in [-0.3, -0.25) is 9.59 Å². The molecule has 0 spiro atoms. The average molecular weight is 440 g/mol. The highest BCUT2D eigenvalue weighted by Gasteiger charge is 2.23. The lowest BCUT2D eigenvalue weighted by Crippen LogP contribution is -2.43. The number of para-hydroxylation sites is 1. The van der Waals surface area contributed by atoms with E-state index in [1.54, 1.807) is 42.5 Å². The maximum absolute atomic E-state index is 12.5. The number of carboxylic acids is 1. The van der Waals surface area contributed by atoms with Crippen molar-refractivity contribution in [1.29, 1.82) is 0 Å². The minimum Gasteiger partial charge on any atom is -0.483 e. The first-order valence-electron chi connectivity index (χ1n) is 8.65. The van der Waals surface area contributed by atoms with Crippen LogP contribution in [-0.2, 0) is 20.9 Å². The Labute approximate surface area is 177 Å². The number of ether oxygens (including phenoxy) is 2. The molecule has 0 saturated heterocycles. The van der Waals surface area contributed by atoms with E-state index < -0.39 is 30.5 Å². The number of hydrogen-bond acceptors (Lipinski definition) is 5. The van der Waals surface area contributed by atoms with E-state index in [0.29, 0.717) is 0 Å². The lowest BCUT2D eigenvalue weighted by atomic mass is 10.1. The Morgan fingerprint density at radius 1 is 1.00 bits per heavy atom. The Morgan fingerprint density at radius 3 is 2.28 bits per heavy atom. The fraction of sp³-hybridized carbons (Fsp3) is 0.250. The fourth-order valence-corrected chi connectivity index (χ4v) is 2.86. The third kappa shape index (κ3) is 7.63. The molecular weight excluding hydrogens is 421 g/mol. The molecular formula is C20H19Cl2NO6. The van der Waals surface area contributed by atoms with Gasteiger partial charge in [0.2, 0.25) is 0 Å². The molecule has 29 heavy (non-hydrogen) atoms. The van der Waals surface area contributed by atoms with Gasteiger partial charge in [-0.1, -0.05) is 59.6 Å². The molecule has 0 fully saturated rings. The number of halogens is 2. The van der Waals surface area contributed by atoms with E-state index in [1.807, 2.05) is 6.07 Å². The van der Waals surface area contributed by atoms with Crippen molar-refractivity contribution < 1.29 is 29.0 Å². The summed E-state index contributed by atoms with van der Waals surface area (Å²) in [5.41, 5.74) is 0.771. The lowest BCUT2D eigenvalue weighted by Gasteiger charge is -2.18. The van der Waals surface area contributed by atoms with Gasteiger partial charge in [0.25, 0.3) is 0 Å². The zero-order chi connectivity index (χ0) is 21.2. The molecule has 1 atom stereocenters. The number of Topliss-reactive ketones (excluding diaryl/α,β-unsaturated/α-hetero) is 1. The lowest BCUT2D eigenvalue weighted by molar-refractivity contribution is -0.137. The topological polar surface area (TPSA) is 102 Å². The Balaban J connectivity index is 1.95. The number of hydrogen-bond donors (Lipinski definition) is 2. The van der Waals surface area contributed by atoms with Crippen molar-refractivity contribution in [2.45, 2.75) is 25.5 Å². The van der Waals surface area contributed by atoms with Crippen LogP contribution in [0.1, 0.15) is 18.4 Å². The highest BCUT2D eigenvalue weighted by molar-refractivity contribution is 6.37. The van der Waals surface area contributed by atoms with Crippen LogP contribution in [0.4, 0.5) is 4.79 Å². The molecule has 0 unspecified atom stereocenters. The monoisotopic (exact) mass is 439 g/mol. The van der Waals surface area contributed by atoms with E-state index in [9.17, 15) is 14.4 Å². The van der Waals surface area contributed by atoms with Crippen molar-refractivity contribution in [1.82, 2.24) is 5.32 Å². The molecule has 154 valence electrons. The molecule has 2 rings (SSSR count). The van der Waals surface area contributed by atoms with Gasteiger partial charge in [0.15, 0.2) is 11.5 Å². The van der Waals surface area contributed by atoms with E-state index in [0.717, 1.165) is 5.56 Å². The van der Waals surface area contributed by atoms with Crippen LogP contribution in [0.2, 0.25) is 10.0 Å².